The van der Waals surface area contributed by atoms with Crippen molar-refractivity contribution in [3.05, 3.63) is 0 Å². The molecular weight excluding hydrogens is 983 g/mol. The minimum absolute atomic E-state index is 0.0169. The molecule has 0 aliphatic heterocycles. The maximum Gasteiger partial charge on any atom is 0.351 e. The Bertz CT molecular complexity index is 1410. The Morgan fingerprint density at radius 3 is 0.818 bits per heavy atom. The maximum absolute atomic E-state index is 14.1. The smallest absolute Gasteiger partial charge is 0.351 e. The Labute approximate surface area is 468 Å². The highest BCUT2D eigenvalue weighted by Gasteiger charge is 2.49. The summed E-state index contributed by atoms with van der Waals surface area (Å²) in [6.07, 6.45) is 34.8. The lowest BCUT2D eigenvalue weighted by molar-refractivity contribution is -0.191. The van der Waals surface area contributed by atoms with Gasteiger partial charge in [-0.05, 0) is 71.9 Å². The minimum Gasteiger partial charge on any atom is -0.466 e. The Hall–Kier alpha value is -3.75. The molecule has 0 saturated heterocycles. The first-order valence-electron chi connectivity index (χ1n) is 31.2. The molecule has 0 amide bonds. The Balaban J connectivity index is 5.19. The fraction of sp³-hybridized carbons (Fsp3) is 0.887. The number of rotatable bonds is 57. The maximum atomic E-state index is 14.1. The summed E-state index contributed by atoms with van der Waals surface area (Å²) in [6.45, 7) is 8.41. The quantitative estimate of drug-likeness (QED) is 0.0318. The zero-order chi connectivity index (χ0) is 56.7. The number of unbranched alkanes of at least 4 members (excludes halogenated alkanes) is 30. The molecule has 0 N–H and O–H groups in total. The fourth-order valence-electron chi connectivity index (χ4n) is 8.80. The lowest BCUT2D eigenvalue weighted by Crippen LogP contribution is -2.49. The highest BCUT2D eigenvalue weighted by atomic mass is 16.6. The molecule has 15 nitrogen and oxygen atoms in total. The van der Waals surface area contributed by atoms with Crippen molar-refractivity contribution in [1.82, 2.24) is 4.90 Å². The van der Waals surface area contributed by atoms with E-state index in [0.29, 0.717) is 64.9 Å². The average Bonchev–Trinajstić information content (AvgIpc) is 3.40. The summed E-state index contributed by atoms with van der Waals surface area (Å²) in [5, 5.41) is 0. The molecule has 0 aromatic heterocycles. The highest BCUT2D eigenvalue weighted by molar-refractivity contribution is 5.92. The monoisotopic (exact) mass is 1100 g/mol. The van der Waals surface area contributed by atoms with Crippen LogP contribution in [0.2, 0.25) is 0 Å². The molecule has 0 fully saturated rings. The second-order valence-electron chi connectivity index (χ2n) is 21.5. The van der Waals surface area contributed by atoms with Crippen molar-refractivity contribution in [2.24, 2.45) is 0 Å². The molecule has 0 rings (SSSR count). The normalized spacial score (nSPS) is 11.4. The topological polar surface area (TPSA) is 187 Å². The lowest BCUT2D eigenvalue weighted by Gasteiger charge is -2.30. The van der Waals surface area contributed by atoms with E-state index in [0.717, 1.165) is 173 Å². The third kappa shape index (κ3) is 49.1. The predicted molar refractivity (Wildman–Crippen MR) is 304 cm³/mol. The van der Waals surface area contributed by atoms with Gasteiger partial charge >= 0.3 is 41.8 Å². The molecule has 0 unspecified atom stereocenters. The molecule has 0 saturated carbocycles. The summed E-state index contributed by atoms with van der Waals surface area (Å²) in [6, 6.07) is 0. The van der Waals surface area contributed by atoms with E-state index in [2.05, 4.69) is 20.8 Å². The number of carbonyl (C=O) groups is 7. The van der Waals surface area contributed by atoms with Crippen molar-refractivity contribution in [2.45, 2.75) is 296 Å². The number of esters is 7. The fourth-order valence-corrected chi connectivity index (χ4v) is 8.80. The van der Waals surface area contributed by atoms with Crippen molar-refractivity contribution >= 4 is 41.8 Å². The van der Waals surface area contributed by atoms with Gasteiger partial charge in [0, 0.05) is 25.8 Å². The van der Waals surface area contributed by atoms with Crippen LogP contribution in [0, 0.1) is 0 Å². The molecule has 77 heavy (non-hydrogen) atoms. The summed E-state index contributed by atoms with van der Waals surface area (Å²) in [5.74, 6) is -3.63. The van der Waals surface area contributed by atoms with Crippen LogP contribution in [0.25, 0.3) is 0 Å². The van der Waals surface area contributed by atoms with E-state index in [-0.39, 0.29) is 44.1 Å². The van der Waals surface area contributed by atoms with Crippen molar-refractivity contribution in [2.75, 3.05) is 60.3 Å². The van der Waals surface area contributed by atoms with Gasteiger partial charge in [0.2, 0.25) is 5.60 Å². The number of hydrogen-bond donors (Lipinski definition) is 0. The summed E-state index contributed by atoms with van der Waals surface area (Å²) < 4.78 is 38.9. The van der Waals surface area contributed by atoms with Gasteiger partial charge in [-0.15, -0.1) is 0 Å². The van der Waals surface area contributed by atoms with E-state index in [9.17, 15) is 33.6 Å². The summed E-state index contributed by atoms with van der Waals surface area (Å²) in [4.78, 5) is 92.1. The van der Waals surface area contributed by atoms with Gasteiger partial charge in [0.1, 0.15) is 0 Å². The molecule has 0 aromatic carbocycles. The average molecular weight is 1100 g/mol. The van der Waals surface area contributed by atoms with Gasteiger partial charge in [0.05, 0.1) is 58.9 Å². The molecular formula is C62H113NO14. The van der Waals surface area contributed by atoms with E-state index in [1.165, 1.54) is 38.5 Å². The standard InChI is InChI=1S/C62H113NO14/c1-6-9-12-24-33-42-55(64)71-47-36-27-18-15-21-30-39-50-74-59(68)53-62(77-58(67)45-46-63(4)5,61(70)76-52-41-32-23-17-20-29-38-49-73-57(66)44-35-26-14-11-8-3)54-60(69)75-51-40-31-22-16-19-28-37-48-72-56(65)43-34-25-13-10-7-2/h6-54H2,1-5H3. The van der Waals surface area contributed by atoms with Crippen LogP contribution in [-0.4, -0.2) is 113 Å². The van der Waals surface area contributed by atoms with E-state index >= 15 is 0 Å². The molecule has 0 aromatic rings. The van der Waals surface area contributed by atoms with E-state index in [1.807, 2.05) is 0 Å². The van der Waals surface area contributed by atoms with Gasteiger partial charge in [-0.3, -0.25) is 28.8 Å². The van der Waals surface area contributed by atoms with Gasteiger partial charge in [0.15, 0.2) is 0 Å². The number of nitrogens with zero attached hydrogens (tertiary/aromatic N) is 1. The van der Waals surface area contributed by atoms with Gasteiger partial charge in [0.25, 0.3) is 0 Å². The van der Waals surface area contributed by atoms with Crippen molar-refractivity contribution < 1.29 is 66.7 Å². The largest absolute Gasteiger partial charge is 0.466 e. The number of ether oxygens (including phenoxy) is 7. The second kappa shape index (κ2) is 54.2. The first-order chi connectivity index (χ1) is 37.4. The summed E-state index contributed by atoms with van der Waals surface area (Å²) >= 11 is 0. The third-order valence-corrected chi connectivity index (χ3v) is 13.7. The van der Waals surface area contributed by atoms with Crippen LogP contribution in [-0.2, 0) is 66.7 Å². The highest BCUT2D eigenvalue weighted by Crippen LogP contribution is 2.27. The van der Waals surface area contributed by atoms with Gasteiger partial charge < -0.3 is 38.1 Å². The van der Waals surface area contributed by atoms with Crippen LogP contribution in [0.5, 0.6) is 0 Å². The number of hydrogen-bond acceptors (Lipinski definition) is 15. The Kier molecular flexibility index (Phi) is 51.6. The molecule has 0 aliphatic rings. The molecule has 0 heterocycles. The second-order valence-corrected chi connectivity index (χ2v) is 21.5. The number of carbonyl (C=O) groups excluding carboxylic acids is 7. The predicted octanol–water partition coefficient (Wildman–Crippen LogP) is 14.5. The van der Waals surface area contributed by atoms with Crippen molar-refractivity contribution in [1.29, 1.82) is 0 Å². The summed E-state index contributed by atoms with van der Waals surface area (Å²) in [5.41, 5.74) is -2.26. The summed E-state index contributed by atoms with van der Waals surface area (Å²) in [7, 11) is 3.60. The zero-order valence-electron chi connectivity index (χ0n) is 49.8. The van der Waals surface area contributed by atoms with E-state index < -0.39 is 42.3 Å². The van der Waals surface area contributed by atoms with Crippen LogP contribution in [0.4, 0.5) is 0 Å². The molecule has 0 radical (unpaired) electrons. The third-order valence-electron chi connectivity index (χ3n) is 13.7. The minimum atomic E-state index is -2.26. The van der Waals surface area contributed by atoms with Crippen LogP contribution in [0.1, 0.15) is 290 Å². The van der Waals surface area contributed by atoms with Crippen LogP contribution >= 0.6 is 0 Å². The van der Waals surface area contributed by atoms with Crippen LogP contribution in [0.15, 0.2) is 0 Å². The molecule has 0 aliphatic carbocycles. The molecule has 0 bridgehead atoms. The van der Waals surface area contributed by atoms with Gasteiger partial charge in [-0.1, -0.05) is 194 Å². The first kappa shape index (κ1) is 73.2. The van der Waals surface area contributed by atoms with E-state index in [1.54, 1.807) is 19.0 Å². The van der Waals surface area contributed by atoms with Crippen molar-refractivity contribution in [3.8, 4) is 0 Å². The molecule has 450 valence electrons. The molecule has 15 heteroatoms. The Morgan fingerprint density at radius 1 is 0.286 bits per heavy atom. The van der Waals surface area contributed by atoms with E-state index in [4.69, 9.17) is 33.2 Å². The van der Waals surface area contributed by atoms with Crippen molar-refractivity contribution in [3.63, 3.8) is 0 Å². The molecule has 0 atom stereocenters. The Morgan fingerprint density at radius 2 is 0.532 bits per heavy atom. The molecule has 0 spiro atoms. The lowest BCUT2D eigenvalue weighted by atomic mass is 9.94. The van der Waals surface area contributed by atoms with Crippen LogP contribution < -0.4 is 0 Å². The zero-order valence-corrected chi connectivity index (χ0v) is 49.8. The van der Waals surface area contributed by atoms with Crippen LogP contribution in [0.3, 0.4) is 0 Å². The van der Waals surface area contributed by atoms with Gasteiger partial charge in [-0.2, -0.15) is 0 Å². The van der Waals surface area contributed by atoms with Gasteiger partial charge in [-0.25, -0.2) is 4.79 Å². The first-order valence-corrected chi connectivity index (χ1v) is 31.2. The SMILES string of the molecule is CCCCCCCC(=O)OCCCCCCCCCOC(=O)CC(CC(=O)OCCCCCCCCCOC(=O)CCCCCCC)(OC(=O)CCN(C)C)C(=O)OCCCCCCCCCOC(=O)CCCCCCC.